The van der Waals surface area contributed by atoms with Gasteiger partial charge in [-0.3, -0.25) is 23.9 Å². The summed E-state index contributed by atoms with van der Waals surface area (Å²) in [6.07, 6.45) is -3.53. The first kappa shape index (κ1) is 16.9. The molecule has 2 N–H and O–H groups in total. The second-order valence-corrected chi connectivity index (χ2v) is 4.95. The third kappa shape index (κ3) is 3.85. The summed E-state index contributed by atoms with van der Waals surface area (Å²) in [6, 6.07) is 1.08. The summed E-state index contributed by atoms with van der Waals surface area (Å²) in [7, 11) is 0. The van der Waals surface area contributed by atoms with Gasteiger partial charge in [0.05, 0.1) is 0 Å². The molecule has 4 atom stereocenters. The number of aliphatic hydroxyl groups excluding tert-OH is 1. The van der Waals surface area contributed by atoms with Crippen LogP contribution in [0.3, 0.4) is 0 Å². The molecule has 0 aliphatic carbocycles. The van der Waals surface area contributed by atoms with Crippen LogP contribution in [0.5, 0.6) is 0 Å². The Bertz CT molecular complexity index is 708. The van der Waals surface area contributed by atoms with Crippen LogP contribution in [0.2, 0.25) is 0 Å². The number of hydrogen-bond donors (Lipinski definition) is 2. The molecule has 1 aliphatic rings. The average molecular weight is 328 g/mol. The number of hydrogen-bond acceptors (Lipinski definition) is 8. The van der Waals surface area contributed by atoms with E-state index in [9.17, 15) is 24.3 Å². The number of esters is 2. The largest absolute Gasteiger partial charge is 0.463 e. The Balaban J connectivity index is 2.27. The zero-order valence-corrected chi connectivity index (χ0v) is 12.4. The summed E-state index contributed by atoms with van der Waals surface area (Å²) in [4.78, 5) is 47.0. The highest BCUT2D eigenvalue weighted by molar-refractivity contribution is 5.66. The van der Waals surface area contributed by atoms with Gasteiger partial charge in [-0.25, -0.2) is 4.79 Å². The molecule has 0 spiro atoms. The molecule has 10 nitrogen and oxygen atoms in total. The van der Waals surface area contributed by atoms with Crippen LogP contribution >= 0.6 is 0 Å². The zero-order valence-electron chi connectivity index (χ0n) is 12.4. The van der Waals surface area contributed by atoms with Crippen LogP contribution in [-0.2, 0) is 23.8 Å². The number of H-pyrrole nitrogens is 1. The normalized spacial score (nSPS) is 26.7. The number of aromatic nitrogens is 2. The first-order valence-corrected chi connectivity index (χ1v) is 6.75. The van der Waals surface area contributed by atoms with Crippen molar-refractivity contribution in [2.24, 2.45) is 0 Å². The van der Waals surface area contributed by atoms with Crippen LogP contribution in [0, 0.1) is 0 Å². The number of rotatable bonds is 4. The maximum Gasteiger partial charge on any atom is 0.330 e. The molecule has 23 heavy (non-hydrogen) atoms. The van der Waals surface area contributed by atoms with Gasteiger partial charge in [0.15, 0.2) is 12.3 Å². The van der Waals surface area contributed by atoms with Crippen molar-refractivity contribution in [1.29, 1.82) is 0 Å². The molecule has 0 radical (unpaired) electrons. The minimum Gasteiger partial charge on any atom is -0.463 e. The number of nitrogens with one attached hydrogen (secondary N) is 1. The predicted octanol–water partition coefficient (Wildman–Crippen LogP) is -1.71. The van der Waals surface area contributed by atoms with Gasteiger partial charge in [0, 0.05) is 26.1 Å². The molecule has 10 heteroatoms. The van der Waals surface area contributed by atoms with Gasteiger partial charge in [0.1, 0.15) is 18.8 Å². The number of carbonyl (C=O) groups is 2. The van der Waals surface area contributed by atoms with E-state index >= 15 is 0 Å². The summed E-state index contributed by atoms with van der Waals surface area (Å²) < 4.78 is 16.2. The van der Waals surface area contributed by atoms with E-state index in [2.05, 4.69) is 0 Å². The van der Waals surface area contributed by atoms with Gasteiger partial charge in [-0.2, -0.15) is 0 Å². The number of aromatic amines is 1. The molecule has 126 valence electrons. The maximum atomic E-state index is 11.8. The lowest BCUT2D eigenvalue weighted by Crippen LogP contribution is -2.40. The quantitative estimate of drug-likeness (QED) is 0.623. The van der Waals surface area contributed by atoms with E-state index in [1.165, 1.54) is 6.92 Å². The van der Waals surface area contributed by atoms with Gasteiger partial charge in [-0.15, -0.1) is 0 Å². The summed E-state index contributed by atoms with van der Waals surface area (Å²) in [5.74, 6) is -1.24. The number of aliphatic hydroxyl groups is 1. The van der Waals surface area contributed by atoms with E-state index in [0.717, 1.165) is 23.8 Å². The third-order valence-corrected chi connectivity index (χ3v) is 3.19. The van der Waals surface area contributed by atoms with E-state index in [4.69, 9.17) is 14.2 Å². The van der Waals surface area contributed by atoms with Crippen LogP contribution in [0.25, 0.3) is 0 Å². The summed E-state index contributed by atoms with van der Waals surface area (Å²) in [5, 5.41) is 10.3. The molecule has 1 saturated heterocycles. The fraction of sp³-hybridized carbons (Fsp3) is 0.538. The van der Waals surface area contributed by atoms with Crippen molar-refractivity contribution in [3.8, 4) is 0 Å². The van der Waals surface area contributed by atoms with Crippen LogP contribution in [0.4, 0.5) is 0 Å². The van der Waals surface area contributed by atoms with Gasteiger partial charge in [0.25, 0.3) is 5.56 Å². The molecule has 0 bridgehead atoms. The maximum absolute atomic E-state index is 11.8. The Morgan fingerprint density at radius 1 is 1.35 bits per heavy atom. The van der Waals surface area contributed by atoms with Crippen LogP contribution in [-0.4, -0.2) is 51.5 Å². The third-order valence-electron chi connectivity index (χ3n) is 3.19. The lowest BCUT2D eigenvalue weighted by Gasteiger charge is -2.19. The van der Waals surface area contributed by atoms with E-state index in [0.29, 0.717) is 0 Å². The standard InChI is InChI=1S/C13H16N2O8/c1-6(16)21-5-8-11(22-7(2)17)10(19)12(23-8)15-4-3-9(18)14-13(15)20/h3-4,8,10-12,19H,5H2,1-2H3,(H,14,18,20)/t8?,10-,11+,12?/m0/s1. The zero-order chi connectivity index (χ0) is 17.1. The van der Waals surface area contributed by atoms with Crippen LogP contribution in [0.15, 0.2) is 21.9 Å². The Hall–Kier alpha value is -2.46. The molecule has 1 aromatic rings. The first-order chi connectivity index (χ1) is 10.8. The Morgan fingerprint density at radius 2 is 2.04 bits per heavy atom. The number of carbonyl (C=O) groups excluding carboxylic acids is 2. The lowest BCUT2D eigenvalue weighted by atomic mass is 10.1. The van der Waals surface area contributed by atoms with E-state index in [1.807, 2.05) is 4.98 Å². The second kappa shape index (κ2) is 6.75. The van der Waals surface area contributed by atoms with Gasteiger partial charge in [-0.1, -0.05) is 0 Å². The van der Waals surface area contributed by atoms with Gasteiger partial charge >= 0.3 is 17.6 Å². The fourth-order valence-electron chi connectivity index (χ4n) is 2.25. The first-order valence-electron chi connectivity index (χ1n) is 6.75. The molecule has 2 rings (SSSR count). The Morgan fingerprint density at radius 3 is 2.61 bits per heavy atom. The average Bonchev–Trinajstić information content (AvgIpc) is 2.73. The molecule has 0 saturated carbocycles. The van der Waals surface area contributed by atoms with E-state index in [1.54, 1.807) is 0 Å². The Kier molecular flexibility index (Phi) is 4.96. The minimum atomic E-state index is -1.39. The van der Waals surface area contributed by atoms with Crippen LogP contribution < -0.4 is 11.2 Å². The van der Waals surface area contributed by atoms with Gasteiger partial charge < -0.3 is 19.3 Å². The summed E-state index contributed by atoms with van der Waals surface area (Å²) in [5.41, 5.74) is -1.40. The van der Waals surface area contributed by atoms with Crippen LogP contribution in [0.1, 0.15) is 20.1 Å². The van der Waals surface area contributed by atoms with Crippen molar-refractivity contribution in [2.75, 3.05) is 6.61 Å². The Labute approximate surface area is 129 Å². The van der Waals surface area contributed by atoms with Crippen molar-refractivity contribution in [3.05, 3.63) is 33.1 Å². The topological polar surface area (TPSA) is 137 Å². The minimum absolute atomic E-state index is 0.265. The van der Waals surface area contributed by atoms with Crippen molar-refractivity contribution in [2.45, 2.75) is 38.4 Å². The molecule has 1 aromatic heterocycles. The smallest absolute Gasteiger partial charge is 0.330 e. The highest BCUT2D eigenvalue weighted by atomic mass is 16.6. The molecule has 0 amide bonds. The van der Waals surface area contributed by atoms with Gasteiger partial charge in [0.2, 0.25) is 0 Å². The van der Waals surface area contributed by atoms with Crippen molar-refractivity contribution in [3.63, 3.8) is 0 Å². The lowest BCUT2D eigenvalue weighted by molar-refractivity contribution is -0.157. The molecule has 1 aliphatic heterocycles. The van der Waals surface area contributed by atoms with Crippen molar-refractivity contribution < 1.29 is 28.9 Å². The van der Waals surface area contributed by atoms with E-state index < -0.39 is 47.7 Å². The molecule has 0 aromatic carbocycles. The van der Waals surface area contributed by atoms with Crippen molar-refractivity contribution in [1.82, 2.24) is 9.55 Å². The van der Waals surface area contributed by atoms with Gasteiger partial charge in [-0.05, 0) is 0 Å². The molecule has 2 heterocycles. The summed E-state index contributed by atoms with van der Waals surface area (Å²) >= 11 is 0. The van der Waals surface area contributed by atoms with E-state index in [-0.39, 0.29) is 6.61 Å². The fourth-order valence-corrected chi connectivity index (χ4v) is 2.25. The molecular formula is C13H16N2O8. The van der Waals surface area contributed by atoms with Crippen molar-refractivity contribution >= 4 is 11.9 Å². The molecule has 2 unspecified atom stereocenters. The molecule has 1 fully saturated rings. The highest BCUT2D eigenvalue weighted by Crippen LogP contribution is 2.30. The SMILES string of the molecule is CC(=O)OCC1OC(n2ccc(=O)[nH]c2=O)[C@@H](O)[C@@H]1OC(C)=O. The molecular weight excluding hydrogens is 312 g/mol. The highest BCUT2D eigenvalue weighted by Gasteiger charge is 2.47. The predicted molar refractivity (Wildman–Crippen MR) is 73.4 cm³/mol. The monoisotopic (exact) mass is 328 g/mol. The second-order valence-electron chi connectivity index (χ2n) is 4.95. The number of nitrogens with zero attached hydrogens (tertiary/aromatic N) is 1. The number of ether oxygens (including phenoxy) is 3. The summed E-state index contributed by atoms with van der Waals surface area (Å²) in [6.45, 7) is 2.07.